The van der Waals surface area contributed by atoms with Crippen LogP contribution in [0, 0.1) is 5.41 Å². The standard InChI is InChI=1S/C16H33N3/c1-5-7-16(8-6-9-17-12-16)13-19-10-14(2)18(4)15(3)11-19/h14-15,17H,5-13H2,1-4H3. The highest BCUT2D eigenvalue weighted by atomic mass is 15.3. The summed E-state index contributed by atoms with van der Waals surface area (Å²) in [6.45, 7) is 13.3. The Morgan fingerprint density at radius 2 is 1.89 bits per heavy atom. The Labute approximate surface area is 119 Å². The highest BCUT2D eigenvalue weighted by Gasteiger charge is 2.36. The second kappa shape index (κ2) is 6.55. The third-order valence-corrected chi connectivity index (χ3v) is 5.34. The summed E-state index contributed by atoms with van der Waals surface area (Å²) >= 11 is 0. The van der Waals surface area contributed by atoms with E-state index in [1.54, 1.807) is 0 Å². The minimum absolute atomic E-state index is 0.544. The smallest absolute Gasteiger partial charge is 0.0195 e. The second-order valence-corrected chi connectivity index (χ2v) is 7.09. The minimum atomic E-state index is 0.544. The van der Waals surface area contributed by atoms with Gasteiger partial charge in [-0.15, -0.1) is 0 Å². The third-order valence-electron chi connectivity index (χ3n) is 5.34. The predicted molar refractivity (Wildman–Crippen MR) is 82.6 cm³/mol. The molecule has 0 aliphatic carbocycles. The molecule has 19 heavy (non-hydrogen) atoms. The molecule has 0 radical (unpaired) electrons. The van der Waals surface area contributed by atoms with Crippen LogP contribution in [0.2, 0.25) is 0 Å². The number of hydrogen-bond donors (Lipinski definition) is 1. The van der Waals surface area contributed by atoms with E-state index in [0.29, 0.717) is 17.5 Å². The van der Waals surface area contributed by atoms with Crippen molar-refractivity contribution in [3.05, 3.63) is 0 Å². The van der Waals surface area contributed by atoms with Gasteiger partial charge in [0.2, 0.25) is 0 Å². The molecular weight excluding hydrogens is 234 g/mol. The van der Waals surface area contributed by atoms with Crippen LogP contribution in [-0.2, 0) is 0 Å². The molecular formula is C16H33N3. The fourth-order valence-corrected chi connectivity index (χ4v) is 4.11. The molecule has 0 aromatic carbocycles. The molecule has 2 fully saturated rings. The number of hydrogen-bond acceptors (Lipinski definition) is 3. The molecule has 0 spiro atoms. The van der Waals surface area contributed by atoms with Gasteiger partial charge < -0.3 is 5.32 Å². The molecule has 2 aliphatic heterocycles. The summed E-state index contributed by atoms with van der Waals surface area (Å²) in [5.74, 6) is 0. The molecule has 3 unspecified atom stereocenters. The number of nitrogens with one attached hydrogen (secondary N) is 1. The van der Waals surface area contributed by atoms with E-state index in [2.05, 4.69) is 42.9 Å². The topological polar surface area (TPSA) is 18.5 Å². The van der Waals surface area contributed by atoms with Crippen LogP contribution in [0.3, 0.4) is 0 Å². The first-order valence-electron chi connectivity index (χ1n) is 8.21. The first-order valence-corrected chi connectivity index (χ1v) is 8.21. The molecule has 3 heteroatoms. The minimum Gasteiger partial charge on any atom is -0.316 e. The molecule has 0 aromatic heterocycles. The van der Waals surface area contributed by atoms with Crippen LogP contribution in [0.4, 0.5) is 0 Å². The zero-order chi connectivity index (χ0) is 13.9. The van der Waals surface area contributed by atoms with Gasteiger partial charge in [0.05, 0.1) is 0 Å². The van der Waals surface area contributed by atoms with Gasteiger partial charge in [-0.05, 0) is 52.1 Å². The van der Waals surface area contributed by atoms with Crippen LogP contribution in [-0.4, -0.2) is 61.7 Å². The van der Waals surface area contributed by atoms with Gasteiger partial charge in [-0.2, -0.15) is 0 Å². The van der Waals surface area contributed by atoms with Gasteiger partial charge >= 0.3 is 0 Å². The summed E-state index contributed by atoms with van der Waals surface area (Å²) in [6.07, 6.45) is 5.48. The third kappa shape index (κ3) is 3.71. The monoisotopic (exact) mass is 267 g/mol. The van der Waals surface area contributed by atoms with Gasteiger partial charge in [0, 0.05) is 38.3 Å². The summed E-state index contributed by atoms with van der Waals surface area (Å²) in [4.78, 5) is 5.26. The molecule has 0 bridgehead atoms. The molecule has 2 aliphatic rings. The molecule has 0 aromatic rings. The van der Waals surface area contributed by atoms with Gasteiger partial charge in [-0.1, -0.05) is 13.3 Å². The van der Waals surface area contributed by atoms with E-state index in [9.17, 15) is 0 Å². The van der Waals surface area contributed by atoms with Crippen LogP contribution in [0.25, 0.3) is 0 Å². The normalized spacial score (nSPS) is 38.5. The zero-order valence-corrected chi connectivity index (χ0v) is 13.4. The van der Waals surface area contributed by atoms with Crippen LogP contribution in [0.15, 0.2) is 0 Å². The van der Waals surface area contributed by atoms with Crippen LogP contribution < -0.4 is 5.32 Å². The van der Waals surface area contributed by atoms with Gasteiger partial charge in [0.1, 0.15) is 0 Å². The van der Waals surface area contributed by atoms with Gasteiger partial charge in [0.25, 0.3) is 0 Å². The molecule has 3 atom stereocenters. The van der Waals surface area contributed by atoms with Crippen LogP contribution in [0.1, 0.15) is 46.5 Å². The molecule has 0 amide bonds. The van der Waals surface area contributed by atoms with Crippen molar-refractivity contribution < 1.29 is 0 Å². The average molecular weight is 267 g/mol. The Bertz CT molecular complexity index is 256. The lowest BCUT2D eigenvalue weighted by Gasteiger charge is -2.47. The Morgan fingerprint density at radius 3 is 2.42 bits per heavy atom. The van der Waals surface area contributed by atoms with Crippen molar-refractivity contribution in [3.8, 4) is 0 Å². The first-order chi connectivity index (χ1) is 9.06. The second-order valence-electron chi connectivity index (χ2n) is 7.09. The molecule has 3 nitrogen and oxygen atoms in total. The molecule has 2 heterocycles. The highest BCUT2D eigenvalue weighted by Crippen LogP contribution is 2.33. The van der Waals surface area contributed by atoms with E-state index in [4.69, 9.17) is 0 Å². The Morgan fingerprint density at radius 1 is 1.21 bits per heavy atom. The maximum absolute atomic E-state index is 3.64. The van der Waals surface area contributed by atoms with Crippen LogP contribution in [0.5, 0.6) is 0 Å². The SMILES string of the molecule is CCCC1(CN2CC(C)N(C)C(C)C2)CCCNC1. The number of nitrogens with zero attached hydrogens (tertiary/aromatic N) is 2. The lowest BCUT2D eigenvalue weighted by molar-refractivity contribution is 0.0208. The van der Waals surface area contributed by atoms with E-state index in [1.165, 1.54) is 58.4 Å². The fourth-order valence-electron chi connectivity index (χ4n) is 4.11. The number of rotatable bonds is 4. The van der Waals surface area contributed by atoms with Crippen LogP contribution >= 0.6 is 0 Å². The van der Waals surface area contributed by atoms with Crippen molar-refractivity contribution >= 4 is 0 Å². The molecule has 2 rings (SSSR count). The predicted octanol–water partition coefficient (Wildman–Crippen LogP) is 2.18. The molecule has 0 saturated carbocycles. The van der Waals surface area contributed by atoms with Crippen molar-refractivity contribution in [1.29, 1.82) is 0 Å². The molecule has 1 N–H and O–H groups in total. The van der Waals surface area contributed by atoms with E-state index >= 15 is 0 Å². The largest absolute Gasteiger partial charge is 0.316 e. The van der Waals surface area contributed by atoms with Crippen molar-refractivity contribution in [2.75, 3.05) is 39.8 Å². The Balaban J connectivity index is 1.97. The first kappa shape index (κ1) is 15.3. The van der Waals surface area contributed by atoms with E-state index in [0.717, 1.165) is 0 Å². The Hall–Kier alpha value is -0.120. The summed E-state index contributed by atoms with van der Waals surface area (Å²) in [5, 5.41) is 3.64. The van der Waals surface area contributed by atoms with E-state index in [1.807, 2.05) is 0 Å². The maximum Gasteiger partial charge on any atom is 0.0195 e. The fraction of sp³-hybridized carbons (Fsp3) is 1.00. The molecule has 2 saturated heterocycles. The van der Waals surface area contributed by atoms with Gasteiger partial charge in [0.15, 0.2) is 0 Å². The van der Waals surface area contributed by atoms with E-state index in [-0.39, 0.29) is 0 Å². The van der Waals surface area contributed by atoms with Gasteiger partial charge in [-0.25, -0.2) is 0 Å². The Kier molecular flexibility index (Phi) is 5.27. The number of likely N-dealkylation sites (N-methyl/N-ethyl adjacent to an activating group) is 1. The van der Waals surface area contributed by atoms with Crippen molar-refractivity contribution in [3.63, 3.8) is 0 Å². The van der Waals surface area contributed by atoms with Crippen molar-refractivity contribution in [1.82, 2.24) is 15.1 Å². The summed E-state index contributed by atoms with van der Waals surface area (Å²) in [5.41, 5.74) is 0.544. The number of piperazine rings is 1. The maximum atomic E-state index is 3.64. The summed E-state index contributed by atoms with van der Waals surface area (Å²) in [6, 6.07) is 1.39. The highest BCUT2D eigenvalue weighted by molar-refractivity contribution is 4.91. The zero-order valence-electron chi connectivity index (χ0n) is 13.4. The van der Waals surface area contributed by atoms with E-state index < -0.39 is 0 Å². The van der Waals surface area contributed by atoms with Gasteiger partial charge in [-0.3, -0.25) is 9.80 Å². The average Bonchev–Trinajstić information content (AvgIpc) is 2.37. The summed E-state index contributed by atoms with van der Waals surface area (Å²) in [7, 11) is 2.27. The lowest BCUT2D eigenvalue weighted by atomic mass is 9.76. The lowest BCUT2D eigenvalue weighted by Crippen LogP contribution is -2.58. The van der Waals surface area contributed by atoms with Crippen molar-refractivity contribution in [2.24, 2.45) is 5.41 Å². The number of piperidine rings is 1. The quantitative estimate of drug-likeness (QED) is 0.842. The van der Waals surface area contributed by atoms with Crippen molar-refractivity contribution in [2.45, 2.75) is 58.5 Å². The summed E-state index contributed by atoms with van der Waals surface area (Å²) < 4.78 is 0. The molecule has 112 valence electrons.